The molecule has 17 heavy (non-hydrogen) atoms. The SMILES string of the molecule is Cc1[c]c(OCc2cc(Cl)cc(C)n2)ccc1. The van der Waals surface area contributed by atoms with Gasteiger partial charge >= 0.3 is 0 Å². The fourth-order valence-electron chi connectivity index (χ4n) is 1.56. The second-order valence-corrected chi connectivity index (χ2v) is 4.34. The Bertz CT molecular complexity index is 505. The molecule has 0 bridgehead atoms. The Kier molecular flexibility index (Phi) is 3.64. The van der Waals surface area contributed by atoms with Gasteiger partial charge in [-0.3, -0.25) is 4.98 Å². The first-order valence-corrected chi connectivity index (χ1v) is 5.76. The highest BCUT2D eigenvalue weighted by Crippen LogP contribution is 2.15. The number of rotatable bonds is 3. The van der Waals surface area contributed by atoms with E-state index < -0.39 is 0 Å². The van der Waals surface area contributed by atoms with Gasteiger partial charge in [-0.1, -0.05) is 23.7 Å². The van der Waals surface area contributed by atoms with E-state index in [1.807, 2.05) is 44.2 Å². The van der Waals surface area contributed by atoms with E-state index >= 15 is 0 Å². The van der Waals surface area contributed by atoms with Gasteiger partial charge in [0.25, 0.3) is 0 Å². The van der Waals surface area contributed by atoms with Crippen LogP contribution in [-0.4, -0.2) is 4.98 Å². The summed E-state index contributed by atoms with van der Waals surface area (Å²) in [5, 5.41) is 0.685. The van der Waals surface area contributed by atoms with Gasteiger partial charge in [0.1, 0.15) is 12.4 Å². The lowest BCUT2D eigenvalue weighted by atomic mass is 10.2. The molecule has 2 nitrogen and oxygen atoms in total. The van der Waals surface area contributed by atoms with E-state index in [0.717, 1.165) is 22.7 Å². The number of nitrogens with zero attached hydrogens (tertiary/aromatic N) is 1. The van der Waals surface area contributed by atoms with Crippen LogP contribution in [0.4, 0.5) is 0 Å². The summed E-state index contributed by atoms with van der Waals surface area (Å²) in [6, 6.07) is 12.6. The predicted molar refractivity (Wildman–Crippen MR) is 68.3 cm³/mol. The Morgan fingerprint density at radius 2 is 2.12 bits per heavy atom. The van der Waals surface area contributed by atoms with Crippen LogP contribution in [0.3, 0.4) is 0 Å². The zero-order valence-electron chi connectivity index (χ0n) is 9.83. The van der Waals surface area contributed by atoms with Crippen LogP contribution in [-0.2, 0) is 6.61 Å². The lowest BCUT2D eigenvalue weighted by Gasteiger charge is -2.07. The molecule has 1 aromatic carbocycles. The van der Waals surface area contributed by atoms with Gasteiger partial charge in [0.05, 0.1) is 5.69 Å². The van der Waals surface area contributed by atoms with Gasteiger partial charge in [-0.2, -0.15) is 0 Å². The Morgan fingerprint density at radius 1 is 1.29 bits per heavy atom. The van der Waals surface area contributed by atoms with Gasteiger partial charge in [0, 0.05) is 16.8 Å². The van der Waals surface area contributed by atoms with Crippen LogP contribution < -0.4 is 4.74 Å². The molecule has 0 aliphatic heterocycles. The Balaban J connectivity index is 2.07. The van der Waals surface area contributed by atoms with Gasteiger partial charge < -0.3 is 4.74 Å². The highest BCUT2D eigenvalue weighted by molar-refractivity contribution is 6.30. The first-order chi connectivity index (χ1) is 8.13. The molecule has 0 saturated heterocycles. The molecule has 0 amide bonds. The van der Waals surface area contributed by atoms with Crippen molar-refractivity contribution < 1.29 is 4.74 Å². The number of aromatic nitrogens is 1. The molecule has 0 aliphatic rings. The first kappa shape index (κ1) is 11.9. The van der Waals surface area contributed by atoms with Gasteiger partial charge in [-0.05, 0) is 37.6 Å². The second-order valence-electron chi connectivity index (χ2n) is 3.90. The molecule has 1 heterocycles. The van der Waals surface area contributed by atoms with E-state index in [4.69, 9.17) is 16.3 Å². The van der Waals surface area contributed by atoms with Crippen LogP contribution >= 0.6 is 11.6 Å². The van der Waals surface area contributed by atoms with E-state index in [1.54, 1.807) is 0 Å². The highest BCUT2D eigenvalue weighted by Gasteiger charge is 2.01. The van der Waals surface area contributed by atoms with Crippen LogP contribution in [0.1, 0.15) is 17.0 Å². The number of pyridine rings is 1. The van der Waals surface area contributed by atoms with Gasteiger partial charge in [-0.15, -0.1) is 0 Å². The quantitative estimate of drug-likeness (QED) is 0.823. The zero-order valence-corrected chi connectivity index (χ0v) is 10.6. The van der Waals surface area contributed by atoms with Crippen molar-refractivity contribution in [3.05, 3.63) is 58.4 Å². The highest BCUT2D eigenvalue weighted by atomic mass is 35.5. The van der Waals surface area contributed by atoms with E-state index in [-0.39, 0.29) is 0 Å². The van der Waals surface area contributed by atoms with Crippen molar-refractivity contribution in [3.8, 4) is 5.75 Å². The Hall–Kier alpha value is -1.54. The maximum Gasteiger partial charge on any atom is 0.130 e. The molecule has 0 aliphatic carbocycles. The molecule has 0 unspecified atom stereocenters. The van der Waals surface area contributed by atoms with Crippen molar-refractivity contribution in [1.82, 2.24) is 4.98 Å². The molecular weight excluding hydrogens is 234 g/mol. The number of ether oxygens (including phenoxy) is 1. The van der Waals surface area contributed by atoms with Crippen LogP contribution in [0.5, 0.6) is 5.75 Å². The molecule has 2 aromatic rings. The predicted octanol–water partition coefficient (Wildman–Crippen LogP) is 3.73. The number of hydrogen-bond donors (Lipinski definition) is 0. The van der Waals surface area contributed by atoms with Crippen molar-refractivity contribution in [2.75, 3.05) is 0 Å². The molecule has 0 N–H and O–H groups in total. The Labute approximate surface area is 106 Å². The monoisotopic (exact) mass is 246 g/mol. The first-order valence-electron chi connectivity index (χ1n) is 5.38. The summed E-state index contributed by atoms with van der Waals surface area (Å²) >= 11 is 5.95. The minimum atomic E-state index is 0.404. The molecule has 1 radical (unpaired) electrons. The molecule has 87 valence electrons. The molecule has 0 atom stereocenters. The fourth-order valence-corrected chi connectivity index (χ4v) is 1.84. The van der Waals surface area contributed by atoms with Crippen molar-refractivity contribution in [3.63, 3.8) is 0 Å². The van der Waals surface area contributed by atoms with Gasteiger partial charge in [0.2, 0.25) is 0 Å². The summed E-state index contributed by atoms with van der Waals surface area (Å²) in [5.41, 5.74) is 2.77. The van der Waals surface area contributed by atoms with Crippen molar-refractivity contribution in [2.45, 2.75) is 20.5 Å². The number of halogens is 1. The van der Waals surface area contributed by atoms with Crippen molar-refractivity contribution in [1.29, 1.82) is 0 Å². The molecule has 1 aromatic heterocycles. The molecular formula is C14H13ClNO. The third-order valence-electron chi connectivity index (χ3n) is 2.26. The van der Waals surface area contributed by atoms with E-state index in [2.05, 4.69) is 11.1 Å². The van der Waals surface area contributed by atoms with Crippen LogP contribution in [0.15, 0.2) is 30.3 Å². The normalized spacial score (nSPS) is 10.3. The number of benzene rings is 1. The van der Waals surface area contributed by atoms with Crippen LogP contribution in [0.2, 0.25) is 5.02 Å². The lowest BCUT2D eigenvalue weighted by Crippen LogP contribution is -1.99. The summed E-state index contributed by atoms with van der Waals surface area (Å²) in [4.78, 5) is 4.35. The minimum Gasteiger partial charge on any atom is -0.487 e. The van der Waals surface area contributed by atoms with Gasteiger partial charge in [0.15, 0.2) is 0 Å². The molecule has 2 rings (SSSR count). The summed E-state index contributed by atoms with van der Waals surface area (Å²) in [7, 11) is 0. The largest absolute Gasteiger partial charge is 0.487 e. The topological polar surface area (TPSA) is 22.1 Å². The van der Waals surface area contributed by atoms with E-state index in [0.29, 0.717) is 11.6 Å². The van der Waals surface area contributed by atoms with Gasteiger partial charge in [-0.25, -0.2) is 0 Å². The summed E-state index contributed by atoms with van der Waals surface area (Å²) in [6.45, 7) is 4.30. The smallest absolute Gasteiger partial charge is 0.130 e. The molecule has 0 fully saturated rings. The average Bonchev–Trinajstić information content (AvgIpc) is 2.25. The molecule has 0 spiro atoms. The zero-order chi connectivity index (χ0) is 12.3. The van der Waals surface area contributed by atoms with E-state index in [9.17, 15) is 0 Å². The fraction of sp³-hybridized carbons (Fsp3) is 0.214. The van der Waals surface area contributed by atoms with Crippen LogP contribution in [0, 0.1) is 19.9 Å². The third kappa shape index (κ3) is 3.46. The van der Waals surface area contributed by atoms with Crippen LogP contribution in [0.25, 0.3) is 0 Å². The summed E-state index contributed by atoms with van der Waals surface area (Å²) < 4.78 is 5.61. The summed E-state index contributed by atoms with van der Waals surface area (Å²) in [5.74, 6) is 0.726. The lowest BCUT2D eigenvalue weighted by molar-refractivity contribution is 0.300. The molecule has 3 heteroatoms. The second kappa shape index (κ2) is 5.19. The molecule has 0 saturated carbocycles. The average molecular weight is 247 g/mol. The number of aryl methyl sites for hydroxylation is 2. The maximum absolute atomic E-state index is 5.95. The maximum atomic E-state index is 5.95. The third-order valence-corrected chi connectivity index (χ3v) is 2.48. The number of hydrogen-bond acceptors (Lipinski definition) is 2. The van der Waals surface area contributed by atoms with Crippen molar-refractivity contribution in [2.24, 2.45) is 0 Å². The summed E-state index contributed by atoms with van der Waals surface area (Å²) in [6.07, 6.45) is 0. The Morgan fingerprint density at radius 3 is 2.82 bits per heavy atom. The minimum absolute atomic E-state index is 0.404. The standard InChI is InChI=1S/C14H13ClNO/c1-10-4-3-5-14(6-10)17-9-13-8-12(15)7-11(2)16-13/h3-5,7-8H,9H2,1-2H3. The van der Waals surface area contributed by atoms with Crippen molar-refractivity contribution >= 4 is 11.6 Å². The van der Waals surface area contributed by atoms with E-state index in [1.165, 1.54) is 0 Å².